The molecule has 1 N–H and O–H groups in total. The van der Waals surface area contributed by atoms with Crippen LogP contribution in [0.15, 0.2) is 18.2 Å². The zero-order valence-corrected chi connectivity index (χ0v) is 13.0. The maximum atomic E-state index is 12.2. The van der Waals surface area contributed by atoms with E-state index in [0.717, 1.165) is 16.1 Å². The first-order valence-corrected chi connectivity index (χ1v) is 8.07. The highest BCUT2D eigenvalue weighted by molar-refractivity contribution is 6.31. The van der Waals surface area contributed by atoms with Crippen LogP contribution in [0.4, 0.5) is 0 Å². The van der Waals surface area contributed by atoms with Gasteiger partial charge >= 0.3 is 0 Å². The third kappa shape index (κ3) is 4.60. The molecule has 1 saturated carbocycles. The standard InChI is InChI=1S/C17H24ClNO/c1-13-11-14(9-10-16(13)18)17(20)12-19-15-7-5-3-2-4-6-8-15/h9-11,15,19H,2-8,12H2,1H3. The monoisotopic (exact) mass is 293 g/mol. The van der Waals surface area contributed by atoms with Crippen molar-refractivity contribution in [2.45, 2.75) is 57.9 Å². The summed E-state index contributed by atoms with van der Waals surface area (Å²) in [6.45, 7) is 2.37. The molecule has 2 nitrogen and oxygen atoms in total. The van der Waals surface area contributed by atoms with Crippen molar-refractivity contribution in [3.8, 4) is 0 Å². The van der Waals surface area contributed by atoms with Gasteiger partial charge in [-0.05, 0) is 43.5 Å². The highest BCUT2D eigenvalue weighted by Crippen LogP contribution is 2.18. The summed E-state index contributed by atoms with van der Waals surface area (Å²) >= 11 is 5.99. The predicted molar refractivity (Wildman–Crippen MR) is 84.6 cm³/mol. The maximum Gasteiger partial charge on any atom is 0.176 e. The van der Waals surface area contributed by atoms with Crippen molar-refractivity contribution < 1.29 is 4.79 Å². The quantitative estimate of drug-likeness (QED) is 0.826. The van der Waals surface area contributed by atoms with E-state index in [1.54, 1.807) is 6.07 Å². The van der Waals surface area contributed by atoms with Crippen LogP contribution >= 0.6 is 11.6 Å². The van der Waals surface area contributed by atoms with Crippen LogP contribution in [0.25, 0.3) is 0 Å². The van der Waals surface area contributed by atoms with Gasteiger partial charge in [0.15, 0.2) is 5.78 Å². The number of nitrogens with one attached hydrogen (secondary N) is 1. The fraction of sp³-hybridized carbons (Fsp3) is 0.588. The molecule has 0 atom stereocenters. The molecular weight excluding hydrogens is 270 g/mol. The van der Waals surface area contributed by atoms with Crippen molar-refractivity contribution in [1.29, 1.82) is 0 Å². The Morgan fingerprint density at radius 3 is 2.50 bits per heavy atom. The molecule has 0 heterocycles. The van der Waals surface area contributed by atoms with Crippen molar-refractivity contribution in [2.75, 3.05) is 6.54 Å². The van der Waals surface area contributed by atoms with Crippen molar-refractivity contribution in [3.05, 3.63) is 34.3 Å². The second kappa shape index (κ2) is 7.80. The predicted octanol–water partition coefficient (Wildman–Crippen LogP) is 4.53. The highest BCUT2D eigenvalue weighted by Gasteiger charge is 2.13. The van der Waals surface area contributed by atoms with Crippen molar-refractivity contribution in [3.63, 3.8) is 0 Å². The number of hydrogen-bond donors (Lipinski definition) is 1. The van der Waals surface area contributed by atoms with Crippen LogP contribution in [0.3, 0.4) is 0 Å². The number of aryl methyl sites for hydroxylation is 1. The van der Waals surface area contributed by atoms with Gasteiger partial charge in [0.05, 0.1) is 6.54 Å². The van der Waals surface area contributed by atoms with E-state index in [-0.39, 0.29) is 5.78 Å². The lowest BCUT2D eigenvalue weighted by atomic mass is 9.96. The first-order chi connectivity index (χ1) is 9.66. The summed E-state index contributed by atoms with van der Waals surface area (Å²) in [5.41, 5.74) is 1.72. The third-order valence-electron chi connectivity index (χ3n) is 4.14. The van der Waals surface area contributed by atoms with Gasteiger partial charge in [-0.1, -0.05) is 43.7 Å². The molecule has 1 aliphatic rings. The summed E-state index contributed by atoms with van der Waals surface area (Å²) in [4.78, 5) is 12.2. The Balaban J connectivity index is 1.85. The average Bonchev–Trinajstić information content (AvgIpc) is 2.40. The molecule has 2 rings (SSSR count). The molecule has 0 bridgehead atoms. The van der Waals surface area contributed by atoms with Crippen LogP contribution in [0.2, 0.25) is 5.02 Å². The van der Waals surface area contributed by atoms with Gasteiger partial charge in [-0.25, -0.2) is 0 Å². The van der Waals surface area contributed by atoms with Gasteiger partial charge in [-0.15, -0.1) is 0 Å². The molecule has 0 saturated heterocycles. The fourth-order valence-electron chi connectivity index (χ4n) is 2.82. The van der Waals surface area contributed by atoms with Crippen molar-refractivity contribution >= 4 is 17.4 Å². The highest BCUT2D eigenvalue weighted by atomic mass is 35.5. The van der Waals surface area contributed by atoms with Gasteiger partial charge in [0, 0.05) is 16.6 Å². The lowest BCUT2D eigenvalue weighted by Crippen LogP contribution is -2.34. The molecule has 1 aliphatic carbocycles. The van der Waals surface area contributed by atoms with E-state index in [2.05, 4.69) is 5.32 Å². The fourth-order valence-corrected chi connectivity index (χ4v) is 2.94. The zero-order valence-electron chi connectivity index (χ0n) is 12.3. The summed E-state index contributed by atoms with van der Waals surface area (Å²) in [5, 5.41) is 4.16. The van der Waals surface area contributed by atoms with Crippen LogP contribution in [-0.4, -0.2) is 18.4 Å². The smallest absolute Gasteiger partial charge is 0.176 e. The zero-order chi connectivity index (χ0) is 14.4. The van der Waals surface area contributed by atoms with Crippen LogP contribution in [0.1, 0.15) is 60.9 Å². The van der Waals surface area contributed by atoms with Gasteiger partial charge in [0.2, 0.25) is 0 Å². The molecular formula is C17H24ClNO. The maximum absolute atomic E-state index is 12.2. The second-order valence-electron chi connectivity index (χ2n) is 5.81. The lowest BCUT2D eigenvalue weighted by Gasteiger charge is -2.20. The summed E-state index contributed by atoms with van der Waals surface area (Å²) in [5.74, 6) is 0.159. The molecule has 0 spiro atoms. The van der Waals surface area contributed by atoms with Crippen molar-refractivity contribution in [1.82, 2.24) is 5.32 Å². The Morgan fingerprint density at radius 1 is 1.20 bits per heavy atom. The molecule has 0 amide bonds. The Kier molecular flexibility index (Phi) is 6.06. The van der Waals surface area contributed by atoms with Crippen molar-refractivity contribution in [2.24, 2.45) is 0 Å². The Bertz CT molecular complexity index is 450. The minimum absolute atomic E-state index is 0.159. The third-order valence-corrected chi connectivity index (χ3v) is 4.56. The summed E-state index contributed by atoms with van der Waals surface area (Å²) < 4.78 is 0. The average molecular weight is 294 g/mol. The van der Waals surface area contributed by atoms with E-state index in [1.165, 1.54) is 44.9 Å². The van der Waals surface area contributed by atoms with Crippen LogP contribution in [0.5, 0.6) is 0 Å². The topological polar surface area (TPSA) is 29.1 Å². The second-order valence-corrected chi connectivity index (χ2v) is 6.22. The Labute approximate surface area is 126 Å². The number of ketones is 1. The normalized spacial score (nSPS) is 17.5. The number of rotatable bonds is 4. The largest absolute Gasteiger partial charge is 0.307 e. The molecule has 0 radical (unpaired) electrons. The van der Waals surface area contributed by atoms with Crippen LogP contribution < -0.4 is 5.32 Å². The minimum Gasteiger partial charge on any atom is -0.307 e. The molecule has 110 valence electrons. The van der Waals surface area contributed by atoms with Crippen LogP contribution in [-0.2, 0) is 0 Å². The number of hydrogen-bond acceptors (Lipinski definition) is 2. The van der Waals surface area contributed by atoms with Gasteiger partial charge in [0.25, 0.3) is 0 Å². The van der Waals surface area contributed by atoms with E-state index >= 15 is 0 Å². The Hall–Kier alpha value is -0.860. The number of carbonyl (C=O) groups is 1. The van der Waals surface area contributed by atoms with Gasteiger partial charge < -0.3 is 5.32 Å². The molecule has 1 aromatic carbocycles. The first kappa shape index (κ1) is 15.5. The SMILES string of the molecule is Cc1cc(C(=O)CNC2CCCCCCC2)ccc1Cl. The molecule has 20 heavy (non-hydrogen) atoms. The lowest BCUT2D eigenvalue weighted by molar-refractivity contribution is 0.0985. The molecule has 0 aliphatic heterocycles. The van der Waals surface area contributed by atoms with E-state index < -0.39 is 0 Å². The number of benzene rings is 1. The number of halogens is 1. The van der Waals surface area contributed by atoms with E-state index in [1.807, 2.05) is 19.1 Å². The molecule has 3 heteroatoms. The van der Waals surface area contributed by atoms with Crippen LogP contribution in [0, 0.1) is 6.92 Å². The summed E-state index contributed by atoms with van der Waals surface area (Å²) in [6, 6.07) is 6.01. The summed E-state index contributed by atoms with van der Waals surface area (Å²) in [7, 11) is 0. The Morgan fingerprint density at radius 2 is 1.85 bits per heavy atom. The number of carbonyl (C=O) groups excluding carboxylic acids is 1. The summed E-state index contributed by atoms with van der Waals surface area (Å²) in [6.07, 6.45) is 9.01. The minimum atomic E-state index is 0.159. The molecule has 1 fully saturated rings. The van der Waals surface area contributed by atoms with Gasteiger partial charge in [-0.3, -0.25) is 4.79 Å². The molecule has 0 aromatic heterocycles. The molecule has 1 aromatic rings. The first-order valence-electron chi connectivity index (χ1n) is 7.69. The number of Topliss-reactive ketones (excluding diaryl/α,β-unsaturated/α-hetero) is 1. The molecule has 0 unspecified atom stereocenters. The van der Waals surface area contributed by atoms with E-state index in [0.29, 0.717) is 12.6 Å². The van der Waals surface area contributed by atoms with E-state index in [4.69, 9.17) is 11.6 Å². The van der Waals surface area contributed by atoms with Gasteiger partial charge in [-0.2, -0.15) is 0 Å². The van der Waals surface area contributed by atoms with Gasteiger partial charge in [0.1, 0.15) is 0 Å². The van der Waals surface area contributed by atoms with E-state index in [9.17, 15) is 4.79 Å².